The SMILES string of the molecule is Cc1ccc(NC(=O)C(C)Oc2ccc(=O)n(-c3ccc(C)c(C)c3)n2)cc1C. The quantitative estimate of drug-likeness (QED) is 0.716. The molecule has 0 aliphatic rings. The Labute approximate surface area is 170 Å². The summed E-state index contributed by atoms with van der Waals surface area (Å²) in [5.74, 6) is -0.0930. The van der Waals surface area contributed by atoms with Gasteiger partial charge in [-0.2, -0.15) is 4.68 Å². The average Bonchev–Trinajstić information content (AvgIpc) is 2.68. The van der Waals surface area contributed by atoms with Gasteiger partial charge in [0.15, 0.2) is 6.10 Å². The standard InChI is InChI=1S/C23H25N3O3/c1-14-6-8-19(12-16(14)3)24-23(28)18(5)29-21-10-11-22(27)26(25-21)20-9-7-15(2)17(4)13-20/h6-13,18H,1-5H3,(H,24,28). The molecule has 0 saturated heterocycles. The molecule has 1 heterocycles. The molecule has 0 fully saturated rings. The Morgan fingerprint density at radius 2 is 1.59 bits per heavy atom. The number of nitrogens with zero attached hydrogens (tertiary/aromatic N) is 2. The second-order valence-corrected chi connectivity index (χ2v) is 7.24. The highest BCUT2D eigenvalue weighted by Crippen LogP contribution is 2.16. The summed E-state index contributed by atoms with van der Waals surface area (Å²) in [7, 11) is 0. The fourth-order valence-corrected chi connectivity index (χ4v) is 2.80. The zero-order chi connectivity index (χ0) is 21.1. The zero-order valence-corrected chi connectivity index (χ0v) is 17.3. The van der Waals surface area contributed by atoms with Crippen molar-refractivity contribution in [2.75, 3.05) is 5.32 Å². The maximum Gasteiger partial charge on any atom is 0.271 e. The number of hydrogen-bond donors (Lipinski definition) is 1. The van der Waals surface area contributed by atoms with Gasteiger partial charge in [-0.25, -0.2) is 0 Å². The molecule has 3 rings (SSSR count). The molecule has 0 spiro atoms. The van der Waals surface area contributed by atoms with Gasteiger partial charge in [0.2, 0.25) is 5.88 Å². The number of aryl methyl sites for hydroxylation is 4. The largest absolute Gasteiger partial charge is 0.463 e. The Hall–Kier alpha value is -3.41. The van der Waals surface area contributed by atoms with E-state index in [1.54, 1.807) is 6.92 Å². The highest BCUT2D eigenvalue weighted by molar-refractivity contribution is 5.94. The lowest BCUT2D eigenvalue weighted by Gasteiger charge is -2.15. The lowest BCUT2D eigenvalue weighted by molar-refractivity contribution is -0.122. The van der Waals surface area contributed by atoms with Crippen LogP contribution in [0.1, 0.15) is 29.2 Å². The number of benzene rings is 2. The highest BCUT2D eigenvalue weighted by atomic mass is 16.5. The van der Waals surface area contributed by atoms with Crippen LogP contribution >= 0.6 is 0 Å². The van der Waals surface area contributed by atoms with Gasteiger partial charge in [0.05, 0.1) is 5.69 Å². The van der Waals surface area contributed by atoms with Crippen molar-refractivity contribution in [2.45, 2.75) is 40.7 Å². The van der Waals surface area contributed by atoms with Crippen molar-refractivity contribution in [3.8, 4) is 11.6 Å². The lowest BCUT2D eigenvalue weighted by Crippen LogP contribution is -2.31. The van der Waals surface area contributed by atoms with Gasteiger partial charge in [-0.1, -0.05) is 12.1 Å². The molecule has 1 atom stereocenters. The number of anilines is 1. The first-order valence-corrected chi connectivity index (χ1v) is 9.47. The van der Waals surface area contributed by atoms with Crippen LogP contribution in [0.4, 0.5) is 5.69 Å². The molecular weight excluding hydrogens is 366 g/mol. The molecule has 6 heteroatoms. The molecular formula is C23H25N3O3. The predicted octanol–water partition coefficient (Wildman–Crippen LogP) is 3.87. The van der Waals surface area contributed by atoms with Gasteiger partial charge in [0.25, 0.3) is 11.5 Å². The van der Waals surface area contributed by atoms with Crippen LogP contribution in [-0.2, 0) is 4.79 Å². The zero-order valence-electron chi connectivity index (χ0n) is 17.3. The first-order chi connectivity index (χ1) is 13.7. The summed E-state index contributed by atoms with van der Waals surface area (Å²) in [4.78, 5) is 24.7. The van der Waals surface area contributed by atoms with Crippen LogP contribution in [0, 0.1) is 27.7 Å². The Bertz CT molecular complexity index is 1120. The van der Waals surface area contributed by atoms with Crippen LogP contribution in [0.15, 0.2) is 53.3 Å². The number of rotatable bonds is 5. The summed E-state index contributed by atoms with van der Waals surface area (Å²) in [6.45, 7) is 9.63. The van der Waals surface area contributed by atoms with Crippen molar-refractivity contribution in [3.05, 3.63) is 81.1 Å². The van der Waals surface area contributed by atoms with Crippen molar-refractivity contribution in [1.29, 1.82) is 0 Å². The van der Waals surface area contributed by atoms with E-state index in [9.17, 15) is 9.59 Å². The summed E-state index contributed by atoms with van der Waals surface area (Å²) < 4.78 is 6.96. The van der Waals surface area contributed by atoms with Crippen molar-refractivity contribution in [1.82, 2.24) is 9.78 Å². The number of amides is 1. The molecule has 0 bridgehead atoms. The van der Waals surface area contributed by atoms with E-state index < -0.39 is 6.10 Å². The molecule has 29 heavy (non-hydrogen) atoms. The van der Waals surface area contributed by atoms with Gasteiger partial charge >= 0.3 is 0 Å². The minimum Gasteiger partial charge on any atom is -0.463 e. The predicted molar refractivity (Wildman–Crippen MR) is 114 cm³/mol. The van der Waals surface area contributed by atoms with Crippen LogP contribution in [-0.4, -0.2) is 21.8 Å². The number of carbonyl (C=O) groups is 1. The minimum atomic E-state index is -0.783. The summed E-state index contributed by atoms with van der Waals surface area (Å²) in [6, 6.07) is 14.2. The number of carbonyl (C=O) groups excluding carboxylic acids is 1. The van der Waals surface area contributed by atoms with Gasteiger partial charge in [-0.3, -0.25) is 9.59 Å². The third kappa shape index (κ3) is 4.71. The van der Waals surface area contributed by atoms with E-state index in [1.165, 1.54) is 16.8 Å². The maximum atomic E-state index is 12.5. The van der Waals surface area contributed by atoms with Crippen LogP contribution in [0.5, 0.6) is 5.88 Å². The number of hydrogen-bond acceptors (Lipinski definition) is 4. The van der Waals surface area contributed by atoms with Crippen LogP contribution in [0.3, 0.4) is 0 Å². The van der Waals surface area contributed by atoms with E-state index in [4.69, 9.17) is 4.74 Å². The third-order valence-corrected chi connectivity index (χ3v) is 4.95. The van der Waals surface area contributed by atoms with E-state index >= 15 is 0 Å². The molecule has 1 amide bonds. The average molecular weight is 391 g/mol. The minimum absolute atomic E-state index is 0.200. The van der Waals surface area contributed by atoms with Crippen molar-refractivity contribution in [3.63, 3.8) is 0 Å². The fourth-order valence-electron chi connectivity index (χ4n) is 2.80. The summed E-state index contributed by atoms with van der Waals surface area (Å²) in [5, 5.41) is 7.11. The monoisotopic (exact) mass is 391 g/mol. The Morgan fingerprint density at radius 1 is 0.931 bits per heavy atom. The molecule has 0 radical (unpaired) electrons. The third-order valence-electron chi connectivity index (χ3n) is 4.95. The van der Waals surface area contributed by atoms with Crippen molar-refractivity contribution >= 4 is 11.6 Å². The first kappa shape index (κ1) is 20.3. The summed E-state index contributed by atoms with van der Waals surface area (Å²) >= 11 is 0. The number of aromatic nitrogens is 2. The smallest absolute Gasteiger partial charge is 0.271 e. The van der Waals surface area contributed by atoms with Crippen molar-refractivity contribution < 1.29 is 9.53 Å². The molecule has 0 saturated carbocycles. The Morgan fingerprint density at radius 3 is 2.24 bits per heavy atom. The van der Waals surface area contributed by atoms with Gasteiger partial charge < -0.3 is 10.1 Å². The van der Waals surface area contributed by atoms with Gasteiger partial charge in [0, 0.05) is 17.8 Å². The van der Waals surface area contributed by atoms with E-state index in [-0.39, 0.29) is 17.3 Å². The molecule has 1 aromatic heterocycles. The molecule has 2 aromatic carbocycles. The lowest BCUT2D eigenvalue weighted by atomic mass is 10.1. The highest BCUT2D eigenvalue weighted by Gasteiger charge is 2.17. The fraction of sp³-hybridized carbons (Fsp3) is 0.261. The van der Waals surface area contributed by atoms with Crippen molar-refractivity contribution in [2.24, 2.45) is 0 Å². The van der Waals surface area contributed by atoms with E-state index in [0.717, 1.165) is 22.3 Å². The van der Waals surface area contributed by atoms with Crippen LogP contribution in [0.2, 0.25) is 0 Å². The normalized spacial score (nSPS) is 11.8. The van der Waals surface area contributed by atoms with Gasteiger partial charge in [0.1, 0.15) is 0 Å². The van der Waals surface area contributed by atoms with E-state index in [1.807, 2.05) is 64.1 Å². The molecule has 3 aromatic rings. The van der Waals surface area contributed by atoms with Gasteiger partial charge in [-0.05, 0) is 81.1 Å². The first-order valence-electron chi connectivity index (χ1n) is 9.47. The second-order valence-electron chi connectivity index (χ2n) is 7.24. The molecule has 1 unspecified atom stereocenters. The molecule has 0 aliphatic carbocycles. The molecule has 1 N–H and O–H groups in total. The number of nitrogens with one attached hydrogen (secondary N) is 1. The van der Waals surface area contributed by atoms with Crippen LogP contribution < -0.4 is 15.6 Å². The van der Waals surface area contributed by atoms with E-state index in [0.29, 0.717) is 11.4 Å². The Kier molecular flexibility index (Phi) is 5.82. The number of ether oxygens (including phenoxy) is 1. The van der Waals surface area contributed by atoms with Crippen LogP contribution in [0.25, 0.3) is 5.69 Å². The molecule has 0 aliphatic heterocycles. The second kappa shape index (κ2) is 8.31. The topological polar surface area (TPSA) is 73.2 Å². The Balaban J connectivity index is 1.77. The molecule has 150 valence electrons. The maximum absolute atomic E-state index is 12.5. The summed E-state index contributed by atoms with van der Waals surface area (Å²) in [6.07, 6.45) is -0.783. The summed E-state index contributed by atoms with van der Waals surface area (Å²) in [5.41, 5.74) is 5.53. The van der Waals surface area contributed by atoms with E-state index in [2.05, 4.69) is 10.4 Å². The molecule has 6 nitrogen and oxygen atoms in total. The van der Waals surface area contributed by atoms with Gasteiger partial charge in [-0.15, -0.1) is 5.10 Å².